The summed E-state index contributed by atoms with van der Waals surface area (Å²) in [6, 6.07) is 9.73. The van der Waals surface area contributed by atoms with Crippen LogP contribution in [-0.4, -0.2) is 13.7 Å². The van der Waals surface area contributed by atoms with Crippen molar-refractivity contribution in [2.75, 3.05) is 13.7 Å². The molecule has 0 amide bonds. The minimum absolute atomic E-state index is 0.202. The molecule has 0 aliphatic heterocycles. The Kier molecular flexibility index (Phi) is 3.43. The van der Waals surface area contributed by atoms with E-state index < -0.39 is 0 Å². The third kappa shape index (κ3) is 2.74. The maximum atomic E-state index is 9.10. The van der Waals surface area contributed by atoms with E-state index in [0.717, 1.165) is 23.8 Å². The molecular formula is C13H16N2O. The highest BCUT2D eigenvalue weighted by molar-refractivity contribution is 5.31. The summed E-state index contributed by atoms with van der Waals surface area (Å²) in [5.41, 5.74) is 1.00. The second-order valence-corrected chi connectivity index (χ2v) is 4.19. The molecule has 1 unspecified atom stereocenters. The molecule has 0 bridgehead atoms. The Morgan fingerprint density at radius 2 is 2.12 bits per heavy atom. The molecule has 0 radical (unpaired) electrons. The molecule has 3 heteroatoms. The van der Waals surface area contributed by atoms with Crippen LogP contribution in [0.2, 0.25) is 0 Å². The average molecular weight is 216 g/mol. The number of ether oxygens (including phenoxy) is 1. The summed E-state index contributed by atoms with van der Waals surface area (Å²) in [4.78, 5) is 0. The number of rotatable bonds is 5. The Hall–Kier alpha value is -1.53. The fraction of sp³-hybridized carbons (Fsp3) is 0.462. The number of hydrogen-bond acceptors (Lipinski definition) is 3. The van der Waals surface area contributed by atoms with Crippen molar-refractivity contribution in [2.45, 2.75) is 18.9 Å². The molecule has 0 heterocycles. The monoisotopic (exact) mass is 216 g/mol. The van der Waals surface area contributed by atoms with Crippen LogP contribution >= 0.6 is 0 Å². The average Bonchev–Trinajstić information content (AvgIpc) is 3.15. The van der Waals surface area contributed by atoms with Crippen LogP contribution in [0.5, 0.6) is 5.75 Å². The van der Waals surface area contributed by atoms with Crippen molar-refractivity contribution in [1.29, 1.82) is 5.26 Å². The zero-order valence-electron chi connectivity index (χ0n) is 9.44. The Morgan fingerprint density at radius 3 is 2.62 bits per heavy atom. The third-order valence-electron chi connectivity index (χ3n) is 2.89. The van der Waals surface area contributed by atoms with Gasteiger partial charge in [0.05, 0.1) is 13.2 Å². The molecule has 0 saturated heterocycles. The van der Waals surface area contributed by atoms with Crippen molar-refractivity contribution in [3.8, 4) is 11.8 Å². The van der Waals surface area contributed by atoms with E-state index in [1.165, 1.54) is 12.8 Å². The summed E-state index contributed by atoms with van der Waals surface area (Å²) in [6.07, 6.45) is 2.60. The molecule has 1 aliphatic rings. The van der Waals surface area contributed by atoms with Crippen LogP contribution in [0, 0.1) is 17.2 Å². The Bertz CT molecular complexity index is 376. The second-order valence-electron chi connectivity index (χ2n) is 4.19. The number of nitrogens with zero attached hydrogens (tertiary/aromatic N) is 1. The van der Waals surface area contributed by atoms with Crippen molar-refractivity contribution >= 4 is 0 Å². The third-order valence-corrected chi connectivity index (χ3v) is 2.89. The number of nitriles is 1. The fourth-order valence-electron chi connectivity index (χ4n) is 1.64. The lowest BCUT2D eigenvalue weighted by Gasteiger charge is -2.11. The van der Waals surface area contributed by atoms with Crippen molar-refractivity contribution < 1.29 is 4.74 Å². The molecule has 84 valence electrons. The van der Waals surface area contributed by atoms with Crippen molar-refractivity contribution in [3.63, 3.8) is 0 Å². The summed E-state index contributed by atoms with van der Waals surface area (Å²) in [5, 5.41) is 12.4. The summed E-state index contributed by atoms with van der Waals surface area (Å²) in [5.74, 6) is 1.61. The molecule has 1 aromatic rings. The predicted octanol–water partition coefficient (Wildman–Crippen LogP) is 2.26. The number of methoxy groups -OCH3 is 1. The largest absolute Gasteiger partial charge is 0.497 e. The zero-order valence-corrected chi connectivity index (χ0v) is 9.44. The van der Waals surface area contributed by atoms with Crippen LogP contribution in [0.1, 0.15) is 24.4 Å². The normalized spacial score (nSPS) is 16.5. The summed E-state index contributed by atoms with van der Waals surface area (Å²) < 4.78 is 5.09. The van der Waals surface area contributed by atoms with E-state index >= 15 is 0 Å². The standard InChI is InChI=1S/C13H16N2O/c1-16-12-6-4-11(5-7-12)13(8-14)15-9-10-2-3-10/h4-7,10,13,15H,2-3,9H2,1H3. The summed E-state index contributed by atoms with van der Waals surface area (Å²) in [6.45, 7) is 0.949. The van der Waals surface area contributed by atoms with Gasteiger partial charge >= 0.3 is 0 Å². The summed E-state index contributed by atoms with van der Waals surface area (Å²) in [7, 11) is 1.64. The summed E-state index contributed by atoms with van der Waals surface area (Å²) >= 11 is 0. The van der Waals surface area contributed by atoms with Crippen LogP contribution in [0.25, 0.3) is 0 Å². The van der Waals surface area contributed by atoms with Crippen LogP contribution < -0.4 is 10.1 Å². The van der Waals surface area contributed by atoms with Gasteiger partial charge in [0, 0.05) is 0 Å². The van der Waals surface area contributed by atoms with E-state index in [2.05, 4.69) is 11.4 Å². The van der Waals surface area contributed by atoms with Gasteiger partial charge in [-0.25, -0.2) is 0 Å². The van der Waals surface area contributed by atoms with Gasteiger partial charge in [-0.1, -0.05) is 12.1 Å². The lowest BCUT2D eigenvalue weighted by molar-refractivity contribution is 0.414. The van der Waals surface area contributed by atoms with Gasteiger partial charge in [0.15, 0.2) is 0 Å². The van der Waals surface area contributed by atoms with Crippen LogP contribution in [-0.2, 0) is 0 Å². The quantitative estimate of drug-likeness (QED) is 0.821. The van der Waals surface area contributed by atoms with Gasteiger partial charge in [-0.05, 0) is 43.0 Å². The molecule has 1 saturated carbocycles. The number of nitrogens with one attached hydrogen (secondary N) is 1. The molecule has 3 nitrogen and oxygen atoms in total. The van der Waals surface area contributed by atoms with E-state index in [9.17, 15) is 0 Å². The first kappa shape index (κ1) is 11.0. The van der Waals surface area contributed by atoms with Gasteiger partial charge in [0.2, 0.25) is 0 Å². The van der Waals surface area contributed by atoms with Gasteiger partial charge in [-0.3, -0.25) is 5.32 Å². The maximum Gasteiger partial charge on any atom is 0.121 e. The molecule has 0 aromatic heterocycles. The minimum atomic E-state index is -0.202. The molecule has 1 aromatic carbocycles. The topological polar surface area (TPSA) is 45.0 Å². The first-order valence-electron chi connectivity index (χ1n) is 5.60. The van der Waals surface area contributed by atoms with Crippen molar-refractivity contribution in [1.82, 2.24) is 5.32 Å². The molecule has 16 heavy (non-hydrogen) atoms. The Balaban J connectivity index is 1.98. The van der Waals surface area contributed by atoms with Gasteiger partial charge in [-0.15, -0.1) is 0 Å². The van der Waals surface area contributed by atoms with Crippen molar-refractivity contribution in [2.24, 2.45) is 5.92 Å². The Morgan fingerprint density at radius 1 is 1.44 bits per heavy atom. The zero-order chi connectivity index (χ0) is 11.4. The van der Waals surface area contributed by atoms with Crippen LogP contribution in [0.15, 0.2) is 24.3 Å². The molecule has 2 rings (SSSR count). The number of hydrogen-bond donors (Lipinski definition) is 1. The van der Waals surface area contributed by atoms with Gasteiger partial charge in [-0.2, -0.15) is 5.26 Å². The molecular weight excluding hydrogens is 200 g/mol. The Labute approximate surface area is 96.0 Å². The molecule has 1 aliphatic carbocycles. The van der Waals surface area contributed by atoms with Crippen LogP contribution in [0.4, 0.5) is 0 Å². The number of benzene rings is 1. The highest BCUT2D eigenvalue weighted by atomic mass is 16.5. The van der Waals surface area contributed by atoms with Gasteiger partial charge in [0.25, 0.3) is 0 Å². The van der Waals surface area contributed by atoms with Crippen molar-refractivity contribution in [3.05, 3.63) is 29.8 Å². The lowest BCUT2D eigenvalue weighted by Crippen LogP contribution is -2.22. The first-order valence-corrected chi connectivity index (χ1v) is 5.60. The first-order chi connectivity index (χ1) is 7.83. The maximum absolute atomic E-state index is 9.10. The highest BCUT2D eigenvalue weighted by Crippen LogP contribution is 2.28. The van der Waals surface area contributed by atoms with Crippen LogP contribution in [0.3, 0.4) is 0 Å². The molecule has 0 spiro atoms. The van der Waals surface area contributed by atoms with E-state index in [1.54, 1.807) is 7.11 Å². The smallest absolute Gasteiger partial charge is 0.121 e. The molecule has 1 N–H and O–H groups in total. The van der Waals surface area contributed by atoms with Gasteiger partial charge in [0.1, 0.15) is 11.8 Å². The van der Waals surface area contributed by atoms with E-state index in [4.69, 9.17) is 10.00 Å². The van der Waals surface area contributed by atoms with E-state index in [1.807, 2.05) is 24.3 Å². The SMILES string of the molecule is COc1ccc(C(C#N)NCC2CC2)cc1. The lowest BCUT2D eigenvalue weighted by atomic mass is 10.1. The highest BCUT2D eigenvalue weighted by Gasteiger charge is 2.22. The minimum Gasteiger partial charge on any atom is -0.497 e. The van der Waals surface area contributed by atoms with Gasteiger partial charge < -0.3 is 4.74 Å². The fourth-order valence-corrected chi connectivity index (χ4v) is 1.64. The van der Waals surface area contributed by atoms with E-state index in [0.29, 0.717) is 0 Å². The van der Waals surface area contributed by atoms with E-state index in [-0.39, 0.29) is 6.04 Å². The molecule has 1 atom stereocenters. The second kappa shape index (κ2) is 5.00. The molecule has 1 fully saturated rings. The predicted molar refractivity (Wildman–Crippen MR) is 62.1 cm³/mol.